The van der Waals surface area contributed by atoms with Gasteiger partial charge in [-0.3, -0.25) is 4.79 Å². The fourth-order valence-corrected chi connectivity index (χ4v) is 2.21. The summed E-state index contributed by atoms with van der Waals surface area (Å²) in [6.07, 6.45) is 6.38. The molecule has 1 nitrogen and oxygen atoms in total. The van der Waals surface area contributed by atoms with Gasteiger partial charge in [0.05, 0.1) is 0 Å². The minimum Gasteiger partial charge on any atom is -0.299 e. The zero-order chi connectivity index (χ0) is 7.84. The summed E-state index contributed by atoms with van der Waals surface area (Å²) >= 11 is 0. The van der Waals surface area contributed by atoms with Crippen molar-refractivity contribution in [2.75, 3.05) is 0 Å². The summed E-state index contributed by atoms with van der Waals surface area (Å²) in [6, 6.07) is 0. The molecular weight excluding hydrogens is 136 g/mol. The van der Waals surface area contributed by atoms with Gasteiger partial charge in [0, 0.05) is 11.8 Å². The Balaban J connectivity index is 1.99. The van der Waals surface area contributed by atoms with Crippen LogP contribution in [-0.4, -0.2) is 5.78 Å². The lowest BCUT2D eigenvalue weighted by atomic mass is 9.86. The molecule has 0 heterocycles. The SMILES string of the molecule is C=CC[C@@H]1CC[C@H]2C[C@@H]2C1=O. The van der Waals surface area contributed by atoms with Crippen LogP contribution in [0.3, 0.4) is 0 Å². The van der Waals surface area contributed by atoms with Gasteiger partial charge in [0.15, 0.2) is 0 Å². The van der Waals surface area contributed by atoms with Gasteiger partial charge < -0.3 is 0 Å². The smallest absolute Gasteiger partial charge is 0.139 e. The summed E-state index contributed by atoms with van der Waals surface area (Å²) in [5.41, 5.74) is 0. The summed E-state index contributed by atoms with van der Waals surface area (Å²) in [5.74, 6) is 2.11. The van der Waals surface area contributed by atoms with E-state index in [9.17, 15) is 4.79 Å². The minimum atomic E-state index is 0.330. The number of Topliss-reactive ketones (excluding diaryl/α,β-unsaturated/α-hetero) is 1. The summed E-state index contributed by atoms with van der Waals surface area (Å²) in [4.78, 5) is 11.5. The molecule has 2 rings (SSSR count). The highest BCUT2D eigenvalue weighted by molar-refractivity contribution is 5.87. The van der Waals surface area contributed by atoms with E-state index in [0.717, 1.165) is 18.8 Å². The third-order valence-corrected chi connectivity index (χ3v) is 3.03. The lowest BCUT2D eigenvalue weighted by Crippen LogP contribution is -2.20. The Bertz CT molecular complexity index is 195. The molecule has 0 spiro atoms. The average Bonchev–Trinajstić information content (AvgIpc) is 2.75. The molecule has 0 unspecified atom stereocenters. The van der Waals surface area contributed by atoms with Crippen molar-refractivity contribution >= 4 is 5.78 Å². The molecule has 2 fully saturated rings. The number of hydrogen-bond acceptors (Lipinski definition) is 1. The molecule has 0 aromatic heterocycles. The van der Waals surface area contributed by atoms with Crippen LogP contribution in [0, 0.1) is 17.8 Å². The molecule has 60 valence electrons. The second-order valence-electron chi connectivity index (χ2n) is 3.80. The van der Waals surface area contributed by atoms with Gasteiger partial charge in [-0.25, -0.2) is 0 Å². The third-order valence-electron chi connectivity index (χ3n) is 3.03. The quantitative estimate of drug-likeness (QED) is 0.551. The van der Waals surface area contributed by atoms with E-state index in [1.54, 1.807) is 0 Å². The Hall–Kier alpha value is -0.590. The summed E-state index contributed by atoms with van der Waals surface area (Å²) in [7, 11) is 0. The average molecular weight is 150 g/mol. The lowest BCUT2D eigenvalue weighted by Gasteiger charge is -2.17. The van der Waals surface area contributed by atoms with E-state index in [1.165, 1.54) is 12.8 Å². The van der Waals surface area contributed by atoms with Gasteiger partial charge in [-0.05, 0) is 31.6 Å². The molecule has 0 aromatic rings. The van der Waals surface area contributed by atoms with E-state index in [4.69, 9.17) is 0 Å². The monoisotopic (exact) mass is 150 g/mol. The number of carbonyl (C=O) groups excluding carboxylic acids is 1. The standard InChI is InChI=1S/C10H14O/c1-2-3-7-4-5-8-6-9(8)10(7)11/h2,7-9H,1,3-6H2/t7-,8+,9+/m1/s1. The van der Waals surface area contributed by atoms with Gasteiger partial charge in [0.1, 0.15) is 5.78 Å². The maximum Gasteiger partial charge on any atom is 0.139 e. The van der Waals surface area contributed by atoms with Crippen LogP contribution >= 0.6 is 0 Å². The van der Waals surface area contributed by atoms with E-state index in [0.29, 0.717) is 17.6 Å². The van der Waals surface area contributed by atoms with Gasteiger partial charge in [-0.2, -0.15) is 0 Å². The summed E-state index contributed by atoms with van der Waals surface area (Å²) in [5, 5.41) is 0. The van der Waals surface area contributed by atoms with Gasteiger partial charge >= 0.3 is 0 Å². The zero-order valence-corrected chi connectivity index (χ0v) is 6.75. The van der Waals surface area contributed by atoms with Crippen molar-refractivity contribution in [2.24, 2.45) is 17.8 Å². The van der Waals surface area contributed by atoms with Crippen LogP contribution in [-0.2, 0) is 4.79 Å². The fraction of sp³-hybridized carbons (Fsp3) is 0.700. The van der Waals surface area contributed by atoms with Crippen molar-refractivity contribution in [2.45, 2.75) is 25.7 Å². The number of carbonyl (C=O) groups is 1. The Kier molecular flexibility index (Phi) is 1.59. The van der Waals surface area contributed by atoms with Crippen LogP contribution in [0.4, 0.5) is 0 Å². The molecular formula is C10H14O. The third kappa shape index (κ3) is 1.13. The molecule has 0 saturated heterocycles. The normalized spacial score (nSPS) is 41.5. The van der Waals surface area contributed by atoms with Crippen molar-refractivity contribution in [1.82, 2.24) is 0 Å². The van der Waals surface area contributed by atoms with Gasteiger partial charge in [-0.15, -0.1) is 6.58 Å². The van der Waals surface area contributed by atoms with E-state index in [1.807, 2.05) is 6.08 Å². The minimum absolute atomic E-state index is 0.330. The Labute approximate surface area is 67.5 Å². The van der Waals surface area contributed by atoms with Crippen LogP contribution < -0.4 is 0 Å². The first kappa shape index (κ1) is 7.08. The lowest BCUT2D eigenvalue weighted by molar-refractivity contribution is -0.125. The van der Waals surface area contributed by atoms with Crippen molar-refractivity contribution < 1.29 is 4.79 Å². The topological polar surface area (TPSA) is 17.1 Å². The second kappa shape index (κ2) is 2.47. The number of hydrogen-bond donors (Lipinski definition) is 0. The van der Waals surface area contributed by atoms with Crippen LogP contribution in [0.2, 0.25) is 0 Å². The molecule has 0 bridgehead atoms. The van der Waals surface area contributed by atoms with Crippen molar-refractivity contribution in [3.63, 3.8) is 0 Å². The Morgan fingerprint density at radius 3 is 3.09 bits per heavy atom. The van der Waals surface area contributed by atoms with Gasteiger partial charge in [-0.1, -0.05) is 6.08 Å². The Morgan fingerprint density at radius 1 is 1.55 bits per heavy atom. The molecule has 11 heavy (non-hydrogen) atoms. The first-order valence-corrected chi connectivity index (χ1v) is 4.47. The maximum atomic E-state index is 11.5. The molecule has 3 atom stereocenters. The number of ketones is 1. The van der Waals surface area contributed by atoms with Gasteiger partial charge in [0.2, 0.25) is 0 Å². The Morgan fingerprint density at radius 2 is 2.36 bits per heavy atom. The van der Waals surface area contributed by atoms with E-state index >= 15 is 0 Å². The molecule has 0 radical (unpaired) electrons. The van der Waals surface area contributed by atoms with Gasteiger partial charge in [0.25, 0.3) is 0 Å². The molecule has 2 aliphatic rings. The molecule has 2 saturated carbocycles. The van der Waals surface area contributed by atoms with Crippen LogP contribution in [0.15, 0.2) is 12.7 Å². The highest BCUT2D eigenvalue weighted by Crippen LogP contribution is 2.49. The highest BCUT2D eigenvalue weighted by Gasteiger charge is 2.48. The van der Waals surface area contributed by atoms with Crippen LogP contribution in [0.1, 0.15) is 25.7 Å². The first-order valence-electron chi connectivity index (χ1n) is 4.47. The second-order valence-corrected chi connectivity index (χ2v) is 3.80. The number of allylic oxidation sites excluding steroid dienone is 1. The summed E-state index contributed by atoms with van der Waals surface area (Å²) < 4.78 is 0. The van der Waals surface area contributed by atoms with E-state index in [-0.39, 0.29) is 0 Å². The molecule has 0 N–H and O–H groups in total. The van der Waals surface area contributed by atoms with Crippen molar-refractivity contribution in [1.29, 1.82) is 0 Å². The molecule has 0 aromatic carbocycles. The maximum absolute atomic E-state index is 11.5. The van der Waals surface area contributed by atoms with Crippen LogP contribution in [0.5, 0.6) is 0 Å². The first-order chi connectivity index (χ1) is 5.33. The molecule has 2 aliphatic carbocycles. The predicted octanol–water partition coefficient (Wildman–Crippen LogP) is 2.18. The molecule has 1 heteroatoms. The fourth-order valence-electron chi connectivity index (χ4n) is 2.21. The predicted molar refractivity (Wildman–Crippen MR) is 44.1 cm³/mol. The van der Waals surface area contributed by atoms with E-state index < -0.39 is 0 Å². The van der Waals surface area contributed by atoms with Crippen molar-refractivity contribution in [3.05, 3.63) is 12.7 Å². The number of fused-ring (bicyclic) bond motifs is 1. The molecule has 0 amide bonds. The zero-order valence-electron chi connectivity index (χ0n) is 6.75. The largest absolute Gasteiger partial charge is 0.299 e. The summed E-state index contributed by atoms with van der Waals surface area (Å²) in [6.45, 7) is 3.68. The van der Waals surface area contributed by atoms with E-state index in [2.05, 4.69) is 6.58 Å². The molecule has 0 aliphatic heterocycles. The van der Waals surface area contributed by atoms with Crippen LogP contribution in [0.25, 0.3) is 0 Å². The number of rotatable bonds is 2. The van der Waals surface area contributed by atoms with Crippen molar-refractivity contribution in [3.8, 4) is 0 Å². The highest BCUT2D eigenvalue weighted by atomic mass is 16.1.